The van der Waals surface area contributed by atoms with Crippen molar-refractivity contribution in [3.63, 3.8) is 0 Å². The molecule has 0 aromatic carbocycles. The maximum atomic E-state index is 12.6. The summed E-state index contributed by atoms with van der Waals surface area (Å²) in [5.74, 6) is 0.554. The van der Waals surface area contributed by atoms with Gasteiger partial charge in [0.2, 0.25) is 0 Å². The molecule has 0 aliphatic heterocycles. The van der Waals surface area contributed by atoms with Gasteiger partial charge in [-0.1, -0.05) is 0 Å². The summed E-state index contributed by atoms with van der Waals surface area (Å²) in [6.07, 6.45) is -1.37. The van der Waals surface area contributed by atoms with Gasteiger partial charge in [-0.2, -0.15) is 13.2 Å². The van der Waals surface area contributed by atoms with E-state index in [2.05, 4.69) is 15.3 Å². The maximum Gasteiger partial charge on any atom is 0.393 e. The van der Waals surface area contributed by atoms with Gasteiger partial charge >= 0.3 is 6.18 Å². The number of nitrogens with two attached hydrogens (primary N) is 1. The zero-order chi connectivity index (χ0) is 17.3. The second-order valence-corrected chi connectivity index (χ2v) is 7.23. The summed E-state index contributed by atoms with van der Waals surface area (Å²) in [4.78, 5) is 9.07. The van der Waals surface area contributed by atoms with Crippen LogP contribution in [0, 0.1) is 0 Å². The third-order valence-corrected chi connectivity index (χ3v) is 5.17. The normalized spacial score (nSPS) is 25.1. The van der Waals surface area contributed by atoms with Gasteiger partial charge in [-0.3, -0.25) is 0 Å². The molecule has 1 aliphatic rings. The van der Waals surface area contributed by atoms with Crippen LogP contribution in [0.4, 0.5) is 19.0 Å². The van der Waals surface area contributed by atoms with Crippen LogP contribution in [0.15, 0.2) is 12.4 Å². The topological polar surface area (TPSA) is 73.1 Å². The number of rotatable bonds is 4. The summed E-state index contributed by atoms with van der Waals surface area (Å²) < 4.78 is 43.2. The molecule has 9 heteroatoms. The fraction of sp³-hybridized carbons (Fsp3) is 0.600. The average molecular weight is 360 g/mol. The van der Waals surface area contributed by atoms with E-state index < -0.39 is 12.6 Å². The van der Waals surface area contributed by atoms with Gasteiger partial charge in [0, 0.05) is 24.1 Å². The van der Waals surface area contributed by atoms with Gasteiger partial charge < -0.3 is 15.8 Å². The van der Waals surface area contributed by atoms with Gasteiger partial charge in [-0.15, -0.1) is 11.3 Å². The first-order chi connectivity index (χ1) is 11.3. The Bertz CT molecular complexity index is 706. The van der Waals surface area contributed by atoms with Crippen LogP contribution in [-0.2, 0) is 11.2 Å². The van der Waals surface area contributed by atoms with Crippen LogP contribution in [0.25, 0.3) is 10.2 Å². The molecule has 1 saturated carbocycles. The lowest BCUT2D eigenvalue weighted by molar-refractivity contribution is -0.126. The van der Waals surface area contributed by atoms with E-state index in [1.54, 1.807) is 7.11 Å². The van der Waals surface area contributed by atoms with Crippen molar-refractivity contribution < 1.29 is 17.9 Å². The van der Waals surface area contributed by atoms with Gasteiger partial charge in [0.05, 0.1) is 17.9 Å². The molecule has 0 bridgehead atoms. The highest BCUT2D eigenvalue weighted by atomic mass is 32.1. The number of hydrogen-bond acceptors (Lipinski definition) is 6. The number of fused-ring (bicyclic) bond motifs is 1. The van der Waals surface area contributed by atoms with Crippen molar-refractivity contribution in [1.29, 1.82) is 0 Å². The minimum absolute atomic E-state index is 0.0294. The highest BCUT2D eigenvalue weighted by molar-refractivity contribution is 7.18. The Morgan fingerprint density at radius 1 is 1.33 bits per heavy atom. The molecule has 0 amide bonds. The second-order valence-electron chi connectivity index (χ2n) is 6.11. The maximum absolute atomic E-state index is 12.6. The van der Waals surface area contributed by atoms with E-state index in [4.69, 9.17) is 10.5 Å². The number of hydrogen-bond donors (Lipinski definition) is 2. The first kappa shape index (κ1) is 17.4. The number of anilines is 1. The van der Waals surface area contributed by atoms with Crippen molar-refractivity contribution in [2.24, 2.45) is 5.73 Å². The molecule has 1 aliphatic carbocycles. The van der Waals surface area contributed by atoms with E-state index in [0.717, 1.165) is 30.6 Å². The number of methoxy groups -OCH3 is 1. The lowest BCUT2D eigenvalue weighted by Gasteiger charge is -2.33. The molecule has 24 heavy (non-hydrogen) atoms. The summed E-state index contributed by atoms with van der Waals surface area (Å²) in [5.41, 5.74) is 6.06. The Balaban J connectivity index is 1.81. The Hall–Kier alpha value is -1.45. The van der Waals surface area contributed by atoms with Gasteiger partial charge in [-0.25, -0.2) is 9.97 Å². The molecule has 0 unspecified atom stereocenters. The van der Waals surface area contributed by atoms with Crippen molar-refractivity contribution in [2.45, 2.75) is 50.0 Å². The van der Waals surface area contributed by atoms with Crippen LogP contribution in [0.3, 0.4) is 0 Å². The third kappa shape index (κ3) is 4.14. The summed E-state index contributed by atoms with van der Waals surface area (Å²) in [6, 6.07) is 1.62. The van der Waals surface area contributed by atoms with Crippen molar-refractivity contribution in [1.82, 2.24) is 9.97 Å². The SMILES string of the molecule is CO[C@@H]1C[C@H](N)C[C@H](Nc2ncnc3sc(CC(F)(F)F)cc23)C1. The Morgan fingerprint density at radius 3 is 2.83 bits per heavy atom. The highest BCUT2D eigenvalue weighted by Gasteiger charge is 2.30. The molecule has 0 spiro atoms. The highest BCUT2D eigenvalue weighted by Crippen LogP contribution is 2.33. The van der Waals surface area contributed by atoms with Crippen molar-refractivity contribution in [3.05, 3.63) is 17.3 Å². The number of nitrogens with zero attached hydrogens (tertiary/aromatic N) is 2. The average Bonchev–Trinajstić information content (AvgIpc) is 2.87. The fourth-order valence-electron chi connectivity index (χ4n) is 3.12. The smallest absolute Gasteiger partial charge is 0.381 e. The lowest BCUT2D eigenvalue weighted by Crippen LogP contribution is -2.42. The van der Waals surface area contributed by atoms with Crippen LogP contribution < -0.4 is 11.1 Å². The number of ether oxygens (including phenoxy) is 1. The predicted octanol–water partition coefficient (Wildman–Crippen LogP) is 3.10. The molecule has 5 nitrogen and oxygen atoms in total. The van der Waals surface area contributed by atoms with Gasteiger partial charge in [0.25, 0.3) is 0 Å². The number of nitrogens with one attached hydrogen (secondary N) is 1. The van der Waals surface area contributed by atoms with Gasteiger partial charge in [0.15, 0.2) is 0 Å². The van der Waals surface area contributed by atoms with Crippen molar-refractivity contribution >= 4 is 27.4 Å². The van der Waals surface area contributed by atoms with Crippen LogP contribution >= 0.6 is 11.3 Å². The van der Waals surface area contributed by atoms with Crippen molar-refractivity contribution in [2.75, 3.05) is 12.4 Å². The first-order valence-electron chi connectivity index (χ1n) is 7.69. The number of aromatic nitrogens is 2. The minimum Gasteiger partial charge on any atom is -0.381 e. The monoisotopic (exact) mass is 360 g/mol. The van der Waals surface area contributed by atoms with E-state index in [0.29, 0.717) is 16.0 Å². The van der Waals surface area contributed by atoms with E-state index in [1.807, 2.05) is 0 Å². The zero-order valence-electron chi connectivity index (χ0n) is 13.1. The van der Waals surface area contributed by atoms with Gasteiger partial charge in [0.1, 0.15) is 17.0 Å². The number of halogens is 3. The lowest BCUT2D eigenvalue weighted by atomic mass is 9.89. The van der Waals surface area contributed by atoms with E-state index in [-0.39, 0.29) is 23.1 Å². The van der Waals surface area contributed by atoms with Crippen LogP contribution in [0.1, 0.15) is 24.1 Å². The van der Waals surface area contributed by atoms with E-state index >= 15 is 0 Å². The van der Waals surface area contributed by atoms with Crippen LogP contribution in [-0.4, -0.2) is 41.4 Å². The molecule has 132 valence electrons. The molecule has 0 saturated heterocycles. The molecule has 3 rings (SSSR count). The fourth-order valence-corrected chi connectivity index (χ4v) is 4.14. The molecule has 2 aromatic heterocycles. The van der Waals surface area contributed by atoms with E-state index in [1.165, 1.54) is 12.4 Å². The molecule has 1 fully saturated rings. The standard InChI is InChI=1S/C15H19F3N4OS/c1-23-10-3-8(19)2-9(4-10)22-13-12-5-11(6-15(16,17)18)24-14(12)21-7-20-13/h5,7-10H,2-4,6,19H2,1H3,(H,20,21,22)/t8-,9+,10-/m1/s1. The molecule has 2 aromatic rings. The second kappa shape index (κ2) is 6.81. The summed E-state index contributed by atoms with van der Waals surface area (Å²) in [7, 11) is 1.66. The molecule has 2 heterocycles. The third-order valence-electron chi connectivity index (χ3n) is 4.13. The Labute approximate surface area is 141 Å². The first-order valence-corrected chi connectivity index (χ1v) is 8.51. The molecule has 0 radical (unpaired) electrons. The molecular weight excluding hydrogens is 341 g/mol. The summed E-state index contributed by atoms with van der Waals surface area (Å²) in [6.45, 7) is 0. The Kier molecular flexibility index (Phi) is 4.93. The summed E-state index contributed by atoms with van der Waals surface area (Å²) >= 11 is 1.05. The Morgan fingerprint density at radius 2 is 2.12 bits per heavy atom. The molecule has 3 atom stereocenters. The quantitative estimate of drug-likeness (QED) is 0.877. The summed E-state index contributed by atoms with van der Waals surface area (Å²) in [5, 5.41) is 3.93. The van der Waals surface area contributed by atoms with Crippen LogP contribution in [0.5, 0.6) is 0 Å². The van der Waals surface area contributed by atoms with Crippen molar-refractivity contribution in [3.8, 4) is 0 Å². The zero-order valence-corrected chi connectivity index (χ0v) is 14.0. The molecular formula is C15H19F3N4OS. The van der Waals surface area contributed by atoms with Gasteiger partial charge in [-0.05, 0) is 25.3 Å². The minimum atomic E-state index is -4.23. The predicted molar refractivity (Wildman–Crippen MR) is 87.2 cm³/mol. The largest absolute Gasteiger partial charge is 0.393 e. The van der Waals surface area contributed by atoms with E-state index in [9.17, 15) is 13.2 Å². The number of alkyl halides is 3. The number of thiophene rings is 1. The molecule has 3 N–H and O–H groups in total. The van der Waals surface area contributed by atoms with Crippen LogP contribution in [0.2, 0.25) is 0 Å².